The van der Waals surface area contributed by atoms with Crippen molar-refractivity contribution in [2.45, 2.75) is 0 Å². The molecule has 0 atom stereocenters. The summed E-state index contributed by atoms with van der Waals surface area (Å²) in [5.41, 5.74) is 0.888. The highest BCUT2D eigenvalue weighted by molar-refractivity contribution is 6.33. The zero-order chi connectivity index (χ0) is 9.84. The Morgan fingerprint density at radius 1 is 1.77 bits per heavy atom. The number of ether oxygens (including phenoxy) is 1. The maximum Gasteiger partial charge on any atom is 0.339 e. The van der Waals surface area contributed by atoms with E-state index in [1.165, 1.54) is 25.4 Å². The lowest BCUT2D eigenvalue weighted by Crippen LogP contribution is -2.03. The minimum atomic E-state index is -0.476. The van der Waals surface area contributed by atoms with E-state index in [4.69, 9.17) is 11.6 Å². The Morgan fingerprint density at radius 3 is 3.00 bits per heavy atom. The summed E-state index contributed by atoms with van der Waals surface area (Å²) < 4.78 is 4.53. The molecule has 0 N–H and O–H groups in total. The molecule has 0 fully saturated rings. The molecule has 1 rings (SSSR count). The fraction of sp³-hybridized carbons (Fsp3) is 0.111. The van der Waals surface area contributed by atoms with E-state index in [0.717, 1.165) is 0 Å². The van der Waals surface area contributed by atoms with Crippen LogP contribution in [0.3, 0.4) is 0 Å². The van der Waals surface area contributed by atoms with Gasteiger partial charge in [-0.05, 0) is 12.1 Å². The third kappa shape index (κ3) is 2.06. The van der Waals surface area contributed by atoms with Gasteiger partial charge in [0.05, 0.1) is 23.4 Å². The Morgan fingerprint density at radius 2 is 2.46 bits per heavy atom. The number of halogens is 1. The largest absolute Gasteiger partial charge is 0.465 e. The van der Waals surface area contributed by atoms with Crippen molar-refractivity contribution in [3.05, 3.63) is 35.1 Å². The summed E-state index contributed by atoms with van der Waals surface area (Å²) in [4.78, 5) is 15.1. The standard InChI is InChI=1S/C9H8ClNO2/c1-3-6-4-7(9(12)13-2)8(10)5-11-6/h3-5H,1H2,2H3. The molecule has 0 unspecified atom stereocenters. The van der Waals surface area contributed by atoms with E-state index >= 15 is 0 Å². The average molecular weight is 198 g/mol. The van der Waals surface area contributed by atoms with Crippen LogP contribution in [0.1, 0.15) is 16.1 Å². The number of rotatable bonds is 2. The highest BCUT2D eigenvalue weighted by atomic mass is 35.5. The van der Waals surface area contributed by atoms with Crippen molar-refractivity contribution in [2.75, 3.05) is 7.11 Å². The molecule has 1 aromatic rings. The van der Waals surface area contributed by atoms with Crippen LogP contribution in [0.4, 0.5) is 0 Å². The van der Waals surface area contributed by atoms with Gasteiger partial charge < -0.3 is 4.74 Å². The van der Waals surface area contributed by atoms with Crippen LogP contribution in [0.5, 0.6) is 0 Å². The van der Waals surface area contributed by atoms with Crippen LogP contribution in [-0.4, -0.2) is 18.1 Å². The molecule has 1 aromatic heterocycles. The Labute approximate surface area is 81.0 Å². The second kappa shape index (κ2) is 4.05. The predicted molar refractivity (Wildman–Crippen MR) is 50.7 cm³/mol. The smallest absolute Gasteiger partial charge is 0.339 e. The molecule has 0 bridgehead atoms. The van der Waals surface area contributed by atoms with Crippen molar-refractivity contribution < 1.29 is 9.53 Å². The van der Waals surface area contributed by atoms with Crippen molar-refractivity contribution in [2.24, 2.45) is 0 Å². The number of carbonyl (C=O) groups excluding carboxylic acids is 1. The van der Waals surface area contributed by atoms with Crippen LogP contribution in [0.2, 0.25) is 5.02 Å². The Balaban J connectivity index is 3.18. The first-order chi connectivity index (χ1) is 6.19. The summed E-state index contributed by atoms with van der Waals surface area (Å²) in [6.45, 7) is 3.53. The number of methoxy groups -OCH3 is 1. The van der Waals surface area contributed by atoms with Crippen molar-refractivity contribution in [3.63, 3.8) is 0 Å². The van der Waals surface area contributed by atoms with Crippen LogP contribution in [0.25, 0.3) is 6.08 Å². The maximum atomic E-state index is 11.1. The van der Waals surface area contributed by atoms with Gasteiger partial charge in [-0.1, -0.05) is 18.2 Å². The third-order valence-corrected chi connectivity index (χ3v) is 1.79. The molecule has 0 aliphatic heterocycles. The summed E-state index contributed by atoms with van der Waals surface area (Å²) in [7, 11) is 1.30. The van der Waals surface area contributed by atoms with Gasteiger partial charge in [0.15, 0.2) is 0 Å². The summed E-state index contributed by atoms with van der Waals surface area (Å²) in [5, 5.41) is 0.275. The van der Waals surface area contributed by atoms with Crippen LogP contribution in [0, 0.1) is 0 Å². The summed E-state index contributed by atoms with van der Waals surface area (Å²) in [5.74, 6) is -0.476. The normalized spacial score (nSPS) is 9.38. The Kier molecular flexibility index (Phi) is 3.03. The number of hydrogen-bond donors (Lipinski definition) is 0. The number of pyridine rings is 1. The first kappa shape index (κ1) is 9.74. The maximum absolute atomic E-state index is 11.1. The molecule has 0 aliphatic rings. The molecule has 0 aromatic carbocycles. The van der Waals surface area contributed by atoms with E-state index in [-0.39, 0.29) is 5.02 Å². The van der Waals surface area contributed by atoms with Crippen LogP contribution >= 0.6 is 11.6 Å². The molecular weight excluding hydrogens is 190 g/mol. The fourth-order valence-electron chi connectivity index (χ4n) is 0.833. The van der Waals surface area contributed by atoms with Gasteiger partial charge in [-0.15, -0.1) is 0 Å². The molecule has 3 nitrogen and oxygen atoms in total. The van der Waals surface area contributed by atoms with Gasteiger partial charge in [0, 0.05) is 6.20 Å². The minimum Gasteiger partial charge on any atom is -0.465 e. The van der Waals surface area contributed by atoms with Gasteiger partial charge in [0.1, 0.15) is 0 Å². The number of esters is 1. The van der Waals surface area contributed by atoms with E-state index in [0.29, 0.717) is 11.3 Å². The SMILES string of the molecule is C=Cc1cc(C(=O)OC)c(Cl)cn1. The molecule has 0 aliphatic carbocycles. The third-order valence-electron chi connectivity index (χ3n) is 1.49. The first-order valence-electron chi connectivity index (χ1n) is 3.55. The van der Waals surface area contributed by atoms with Gasteiger partial charge in [-0.2, -0.15) is 0 Å². The van der Waals surface area contributed by atoms with Gasteiger partial charge >= 0.3 is 5.97 Å². The molecule has 0 saturated carbocycles. The Hall–Kier alpha value is -1.35. The fourth-order valence-corrected chi connectivity index (χ4v) is 1.01. The molecule has 4 heteroatoms. The predicted octanol–water partition coefficient (Wildman–Crippen LogP) is 2.16. The number of aromatic nitrogens is 1. The summed E-state index contributed by atoms with van der Waals surface area (Å²) >= 11 is 5.73. The topological polar surface area (TPSA) is 39.2 Å². The Bertz CT molecular complexity index is 349. The van der Waals surface area contributed by atoms with Crippen molar-refractivity contribution in [1.82, 2.24) is 4.98 Å². The second-order valence-electron chi connectivity index (χ2n) is 2.28. The van der Waals surface area contributed by atoms with Crippen molar-refractivity contribution >= 4 is 23.6 Å². The highest BCUT2D eigenvalue weighted by Crippen LogP contribution is 2.16. The molecule has 0 saturated heterocycles. The molecule has 0 spiro atoms. The van der Waals surface area contributed by atoms with Gasteiger partial charge in [0.25, 0.3) is 0 Å². The highest BCUT2D eigenvalue weighted by Gasteiger charge is 2.10. The lowest BCUT2D eigenvalue weighted by Gasteiger charge is -2.01. The average Bonchev–Trinajstić information content (AvgIpc) is 2.17. The number of carbonyl (C=O) groups is 1. The van der Waals surface area contributed by atoms with E-state index in [9.17, 15) is 4.79 Å². The van der Waals surface area contributed by atoms with Gasteiger partial charge in [0.2, 0.25) is 0 Å². The molecule has 0 amide bonds. The lowest BCUT2D eigenvalue weighted by atomic mass is 10.2. The summed E-state index contributed by atoms with van der Waals surface area (Å²) in [6, 6.07) is 1.53. The quantitative estimate of drug-likeness (QED) is 0.682. The zero-order valence-corrected chi connectivity index (χ0v) is 7.84. The van der Waals surface area contributed by atoms with E-state index in [2.05, 4.69) is 16.3 Å². The van der Waals surface area contributed by atoms with Crippen LogP contribution in [0.15, 0.2) is 18.8 Å². The van der Waals surface area contributed by atoms with Crippen LogP contribution < -0.4 is 0 Å². The van der Waals surface area contributed by atoms with E-state index in [1.807, 2.05) is 0 Å². The number of nitrogens with zero attached hydrogens (tertiary/aromatic N) is 1. The molecular formula is C9H8ClNO2. The van der Waals surface area contributed by atoms with Crippen molar-refractivity contribution in [3.8, 4) is 0 Å². The first-order valence-corrected chi connectivity index (χ1v) is 3.93. The zero-order valence-electron chi connectivity index (χ0n) is 7.08. The lowest BCUT2D eigenvalue weighted by molar-refractivity contribution is 0.0601. The number of hydrogen-bond acceptors (Lipinski definition) is 3. The monoisotopic (exact) mass is 197 g/mol. The van der Waals surface area contributed by atoms with Crippen LogP contribution in [-0.2, 0) is 4.74 Å². The second-order valence-corrected chi connectivity index (χ2v) is 2.69. The molecule has 1 heterocycles. The molecule has 13 heavy (non-hydrogen) atoms. The van der Waals surface area contributed by atoms with E-state index < -0.39 is 5.97 Å². The van der Waals surface area contributed by atoms with Gasteiger partial charge in [-0.3, -0.25) is 4.98 Å². The summed E-state index contributed by atoms with van der Waals surface area (Å²) in [6.07, 6.45) is 2.92. The van der Waals surface area contributed by atoms with Gasteiger partial charge in [-0.25, -0.2) is 4.79 Å². The molecule has 0 radical (unpaired) electrons. The molecule has 68 valence electrons. The van der Waals surface area contributed by atoms with Crippen molar-refractivity contribution in [1.29, 1.82) is 0 Å². The minimum absolute atomic E-state index is 0.275. The van der Waals surface area contributed by atoms with E-state index in [1.54, 1.807) is 0 Å².